The molecule has 104 valence electrons. The van der Waals surface area contributed by atoms with Crippen molar-refractivity contribution in [3.63, 3.8) is 0 Å². The maximum atomic E-state index is 10.8. The highest BCUT2D eigenvalue weighted by molar-refractivity contribution is 5.87. The molecule has 0 aromatic heterocycles. The van der Waals surface area contributed by atoms with Gasteiger partial charge >= 0.3 is 5.97 Å². The number of benzene rings is 1. The van der Waals surface area contributed by atoms with Crippen LogP contribution in [0.15, 0.2) is 24.3 Å². The Balaban J connectivity index is 1.99. The Bertz CT molecular complexity index is 441. The molecule has 2 rings (SSSR count). The molecule has 19 heavy (non-hydrogen) atoms. The van der Waals surface area contributed by atoms with E-state index >= 15 is 0 Å². The average Bonchev–Trinajstić information content (AvgIpc) is 2.39. The Morgan fingerprint density at radius 2 is 2.05 bits per heavy atom. The molecule has 3 heteroatoms. The van der Waals surface area contributed by atoms with E-state index in [9.17, 15) is 4.79 Å². The second-order valence-electron chi connectivity index (χ2n) is 5.98. The summed E-state index contributed by atoms with van der Waals surface area (Å²) in [6.45, 7) is 7.85. The first-order chi connectivity index (χ1) is 9.02. The van der Waals surface area contributed by atoms with Gasteiger partial charge in [-0.2, -0.15) is 0 Å². The highest BCUT2D eigenvalue weighted by Crippen LogP contribution is 2.33. The Kier molecular flexibility index (Phi) is 4.25. The first-order valence-electron chi connectivity index (χ1n) is 7.07. The van der Waals surface area contributed by atoms with Crippen molar-refractivity contribution in [2.24, 2.45) is 5.41 Å². The molecule has 1 unspecified atom stereocenters. The van der Waals surface area contributed by atoms with E-state index < -0.39 is 5.97 Å². The summed E-state index contributed by atoms with van der Waals surface area (Å²) in [5, 5.41) is 8.89. The van der Waals surface area contributed by atoms with Crippen molar-refractivity contribution in [3.05, 3.63) is 35.4 Å². The molecule has 0 spiro atoms. The number of carbonyl (C=O) groups is 1. The number of aromatic carboxylic acids is 1. The number of likely N-dealkylation sites (tertiary alicyclic amines) is 1. The molecule has 1 saturated heterocycles. The fraction of sp³-hybridized carbons (Fsp3) is 0.562. The van der Waals surface area contributed by atoms with E-state index in [0.29, 0.717) is 11.0 Å². The smallest absolute Gasteiger partial charge is 0.335 e. The molecule has 3 nitrogen and oxygen atoms in total. The zero-order valence-corrected chi connectivity index (χ0v) is 11.9. The molecular weight excluding hydrogens is 238 g/mol. The number of nitrogens with zero attached hydrogens (tertiary/aromatic N) is 1. The molecule has 1 aliphatic rings. The molecule has 0 saturated carbocycles. The zero-order chi connectivity index (χ0) is 13.9. The Hall–Kier alpha value is -1.35. The maximum absolute atomic E-state index is 10.8. The van der Waals surface area contributed by atoms with Gasteiger partial charge in [-0.1, -0.05) is 26.0 Å². The third-order valence-corrected chi connectivity index (χ3v) is 4.32. The first-order valence-corrected chi connectivity index (χ1v) is 7.07. The number of hydrogen-bond donors (Lipinski definition) is 1. The molecule has 0 bridgehead atoms. The Morgan fingerprint density at radius 1 is 1.37 bits per heavy atom. The molecule has 1 heterocycles. The number of carboxylic acid groups (broad SMARTS) is 1. The Labute approximate surface area is 115 Å². The van der Waals surface area contributed by atoms with E-state index in [-0.39, 0.29) is 0 Å². The monoisotopic (exact) mass is 261 g/mol. The summed E-state index contributed by atoms with van der Waals surface area (Å²) >= 11 is 0. The van der Waals surface area contributed by atoms with Gasteiger partial charge in [-0.3, -0.25) is 4.90 Å². The molecule has 0 radical (unpaired) electrons. The normalized spacial score (nSPS) is 24.3. The number of rotatable bonds is 4. The predicted octanol–water partition coefficient (Wildman–Crippen LogP) is 3.40. The van der Waals surface area contributed by atoms with Crippen molar-refractivity contribution in [2.75, 3.05) is 13.1 Å². The van der Waals surface area contributed by atoms with Crippen LogP contribution in [0.25, 0.3) is 0 Å². The van der Waals surface area contributed by atoms with Crippen molar-refractivity contribution in [3.8, 4) is 0 Å². The van der Waals surface area contributed by atoms with Gasteiger partial charge in [-0.15, -0.1) is 0 Å². The summed E-state index contributed by atoms with van der Waals surface area (Å²) in [6.07, 6.45) is 3.80. The second-order valence-corrected chi connectivity index (χ2v) is 5.98. The summed E-state index contributed by atoms with van der Waals surface area (Å²) in [5.41, 5.74) is 2.00. The molecule has 1 aliphatic heterocycles. The van der Waals surface area contributed by atoms with Gasteiger partial charge in [-0.05, 0) is 48.9 Å². The Morgan fingerprint density at radius 3 is 2.63 bits per heavy atom. The van der Waals surface area contributed by atoms with E-state index in [2.05, 4.69) is 18.7 Å². The molecule has 1 atom stereocenters. The molecule has 1 aromatic carbocycles. The van der Waals surface area contributed by atoms with Gasteiger partial charge in [0.2, 0.25) is 0 Å². The number of carboxylic acids is 1. The average molecular weight is 261 g/mol. The lowest BCUT2D eigenvalue weighted by atomic mass is 9.79. The van der Waals surface area contributed by atoms with Gasteiger partial charge in [0.25, 0.3) is 0 Å². The lowest BCUT2D eigenvalue weighted by molar-refractivity contribution is 0.0697. The molecule has 1 N–H and O–H groups in total. The predicted molar refractivity (Wildman–Crippen MR) is 76.3 cm³/mol. The van der Waals surface area contributed by atoms with Gasteiger partial charge in [-0.25, -0.2) is 4.79 Å². The molecule has 0 aliphatic carbocycles. The van der Waals surface area contributed by atoms with Crippen molar-refractivity contribution in [1.82, 2.24) is 4.90 Å². The minimum atomic E-state index is -0.858. The summed E-state index contributed by atoms with van der Waals surface area (Å²) in [6, 6.07) is 7.25. The van der Waals surface area contributed by atoms with E-state index in [1.165, 1.54) is 24.8 Å². The van der Waals surface area contributed by atoms with Crippen LogP contribution in [-0.2, 0) is 6.54 Å². The topological polar surface area (TPSA) is 40.5 Å². The van der Waals surface area contributed by atoms with Gasteiger partial charge in [0.15, 0.2) is 0 Å². The van der Waals surface area contributed by atoms with Crippen molar-refractivity contribution < 1.29 is 9.90 Å². The number of hydrogen-bond acceptors (Lipinski definition) is 2. The summed E-state index contributed by atoms with van der Waals surface area (Å²) in [7, 11) is 0. The largest absolute Gasteiger partial charge is 0.478 e. The summed E-state index contributed by atoms with van der Waals surface area (Å²) in [4.78, 5) is 13.3. The van der Waals surface area contributed by atoms with Gasteiger partial charge in [0, 0.05) is 13.1 Å². The van der Waals surface area contributed by atoms with Crippen LogP contribution in [0.1, 0.15) is 49.0 Å². The third kappa shape index (κ3) is 3.57. The minimum absolute atomic E-state index is 0.362. The van der Waals surface area contributed by atoms with Crippen LogP contribution in [0.4, 0.5) is 0 Å². The second kappa shape index (κ2) is 5.74. The standard InChI is InChI=1S/C16H23NO2/c1-3-16(2)9-4-10-17(12-16)11-13-5-7-14(8-6-13)15(18)19/h5-8H,3-4,9-12H2,1-2H3,(H,18,19). The molecular formula is C16H23NO2. The van der Waals surface area contributed by atoms with E-state index in [4.69, 9.17) is 5.11 Å². The molecule has 0 amide bonds. The lowest BCUT2D eigenvalue weighted by Gasteiger charge is -2.40. The van der Waals surface area contributed by atoms with Crippen LogP contribution in [0.5, 0.6) is 0 Å². The number of piperidine rings is 1. The SMILES string of the molecule is CCC1(C)CCCN(Cc2ccc(C(=O)O)cc2)C1. The zero-order valence-electron chi connectivity index (χ0n) is 11.9. The van der Waals surface area contributed by atoms with Crippen LogP contribution in [0.2, 0.25) is 0 Å². The van der Waals surface area contributed by atoms with E-state index in [0.717, 1.165) is 19.6 Å². The maximum Gasteiger partial charge on any atom is 0.335 e. The van der Waals surface area contributed by atoms with Crippen molar-refractivity contribution >= 4 is 5.97 Å². The van der Waals surface area contributed by atoms with Crippen molar-refractivity contribution in [1.29, 1.82) is 0 Å². The fourth-order valence-electron chi connectivity index (χ4n) is 2.86. The minimum Gasteiger partial charge on any atom is -0.478 e. The van der Waals surface area contributed by atoms with Gasteiger partial charge in [0.05, 0.1) is 5.56 Å². The van der Waals surface area contributed by atoms with Gasteiger partial charge in [0.1, 0.15) is 0 Å². The van der Waals surface area contributed by atoms with Gasteiger partial charge < -0.3 is 5.11 Å². The quantitative estimate of drug-likeness (QED) is 0.903. The van der Waals surface area contributed by atoms with Crippen LogP contribution in [0.3, 0.4) is 0 Å². The fourth-order valence-corrected chi connectivity index (χ4v) is 2.86. The van der Waals surface area contributed by atoms with E-state index in [1.54, 1.807) is 12.1 Å². The highest BCUT2D eigenvalue weighted by atomic mass is 16.4. The molecule has 1 fully saturated rings. The first kappa shape index (κ1) is 14.1. The van der Waals surface area contributed by atoms with Crippen LogP contribution >= 0.6 is 0 Å². The summed E-state index contributed by atoms with van der Waals surface area (Å²) < 4.78 is 0. The highest BCUT2D eigenvalue weighted by Gasteiger charge is 2.28. The van der Waals surface area contributed by atoms with Crippen molar-refractivity contribution in [2.45, 2.75) is 39.7 Å². The third-order valence-electron chi connectivity index (χ3n) is 4.32. The van der Waals surface area contributed by atoms with E-state index in [1.807, 2.05) is 12.1 Å². The van der Waals surface area contributed by atoms with Crippen LogP contribution in [0, 0.1) is 5.41 Å². The summed E-state index contributed by atoms with van der Waals surface area (Å²) in [5.74, 6) is -0.858. The van der Waals surface area contributed by atoms with Crippen LogP contribution in [-0.4, -0.2) is 29.1 Å². The molecule has 1 aromatic rings. The lowest BCUT2D eigenvalue weighted by Crippen LogP contribution is -2.40. The van der Waals surface area contributed by atoms with Crippen LogP contribution < -0.4 is 0 Å².